The highest BCUT2D eigenvalue weighted by molar-refractivity contribution is 9.10. The van der Waals surface area contributed by atoms with Gasteiger partial charge in [-0.15, -0.1) is 11.3 Å². The highest BCUT2D eigenvalue weighted by Crippen LogP contribution is 2.39. The summed E-state index contributed by atoms with van der Waals surface area (Å²) in [4.78, 5) is 9.30. The van der Waals surface area contributed by atoms with Gasteiger partial charge in [0.15, 0.2) is 0 Å². The first-order valence-electron chi connectivity index (χ1n) is 5.43. The number of fused-ring (bicyclic) bond motifs is 1. The lowest BCUT2D eigenvalue weighted by Crippen LogP contribution is -1.83. The van der Waals surface area contributed by atoms with Crippen LogP contribution < -0.4 is 4.74 Å². The van der Waals surface area contributed by atoms with Crippen molar-refractivity contribution < 1.29 is 4.74 Å². The van der Waals surface area contributed by atoms with E-state index in [1.54, 1.807) is 18.4 Å². The van der Waals surface area contributed by atoms with Gasteiger partial charge in [-0.05, 0) is 24.3 Å². The molecule has 0 aliphatic heterocycles. The molecule has 0 aliphatic carbocycles. The van der Waals surface area contributed by atoms with Crippen LogP contribution in [-0.2, 0) is 0 Å². The standard InChI is InChI=1S/C13H8BrClN2OS/c1-18-7-2-3-9(14)8(4-7)11-5-10-12(19-11)13(15)17-6-16-10/h2-6H,1H3. The molecule has 0 N–H and O–H groups in total. The van der Waals surface area contributed by atoms with Crippen LogP contribution in [0.3, 0.4) is 0 Å². The summed E-state index contributed by atoms with van der Waals surface area (Å²) in [5.74, 6) is 0.813. The molecular weight excluding hydrogens is 348 g/mol. The van der Waals surface area contributed by atoms with Crippen LogP contribution in [0.4, 0.5) is 0 Å². The number of thiophene rings is 1. The Balaban J connectivity index is 2.21. The number of benzene rings is 1. The van der Waals surface area contributed by atoms with Gasteiger partial charge in [-0.25, -0.2) is 9.97 Å². The largest absolute Gasteiger partial charge is 0.497 e. The summed E-state index contributed by atoms with van der Waals surface area (Å²) in [6, 6.07) is 7.86. The van der Waals surface area contributed by atoms with E-state index in [0.717, 1.165) is 30.9 Å². The molecule has 3 nitrogen and oxygen atoms in total. The fourth-order valence-electron chi connectivity index (χ4n) is 1.78. The van der Waals surface area contributed by atoms with Gasteiger partial charge in [0.05, 0.1) is 17.3 Å². The van der Waals surface area contributed by atoms with E-state index in [2.05, 4.69) is 25.9 Å². The van der Waals surface area contributed by atoms with Crippen LogP contribution in [0.1, 0.15) is 0 Å². The van der Waals surface area contributed by atoms with E-state index in [4.69, 9.17) is 16.3 Å². The Morgan fingerprint density at radius 3 is 2.84 bits per heavy atom. The molecule has 0 atom stereocenters. The van der Waals surface area contributed by atoms with Crippen LogP contribution in [0.25, 0.3) is 20.7 Å². The summed E-state index contributed by atoms with van der Waals surface area (Å²) in [5, 5.41) is 0.486. The van der Waals surface area contributed by atoms with Crippen molar-refractivity contribution in [1.29, 1.82) is 0 Å². The normalized spacial score (nSPS) is 10.9. The molecule has 0 unspecified atom stereocenters. The summed E-state index contributed by atoms with van der Waals surface area (Å²) >= 11 is 11.2. The molecule has 6 heteroatoms. The number of rotatable bonds is 2. The molecule has 0 saturated heterocycles. The van der Waals surface area contributed by atoms with Gasteiger partial charge >= 0.3 is 0 Å². The molecule has 0 spiro atoms. The van der Waals surface area contributed by atoms with Crippen molar-refractivity contribution in [1.82, 2.24) is 9.97 Å². The fourth-order valence-corrected chi connectivity index (χ4v) is 3.65. The quantitative estimate of drug-likeness (QED) is 0.620. The number of methoxy groups -OCH3 is 1. The van der Waals surface area contributed by atoms with Crippen LogP contribution in [0.5, 0.6) is 5.75 Å². The van der Waals surface area contributed by atoms with Gasteiger partial charge in [-0.2, -0.15) is 0 Å². The average molecular weight is 356 g/mol. The molecule has 0 aliphatic rings. The molecule has 3 aromatic rings. The first kappa shape index (κ1) is 12.8. The third kappa shape index (κ3) is 2.33. The van der Waals surface area contributed by atoms with Gasteiger partial charge in [0.1, 0.15) is 17.2 Å². The Hall–Kier alpha value is -1.17. The second-order valence-corrected chi connectivity index (χ2v) is 6.10. The minimum absolute atomic E-state index is 0.486. The molecule has 96 valence electrons. The van der Waals surface area contributed by atoms with Crippen LogP contribution >= 0.6 is 38.9 Å². The third-order valence-electron chi connectivity index (χ3n) is 2.71. The van der Waals surface area contributed by atoms with Crippen molar-refractivity contribution in [2.75, 3.05) is 7.11 Å². The van der Waals surface area contributed by atoms with E-state index in [-0.39, 0.29) is 0 Å². The number of aromatic nitrogens is 2. The molecule has 2 heterocycles. The van der Waals surface area contributed by atoms with Crippen molar-refractivity contribution in [3.8, 4) is 16.2 Å². The first-order valence-corrected chi connectivity index (χ1v) is 7.42. The number of hydrogen-bond donors (Lipinski definition) is 0. The Labute approximate surface area is 127 Å². The predicted molar refractivity (Wildman–Crippen MR) is 82.1 cm³/mol. The summed E-state index contributed by atoms with van der Waals surface area (Å²) in [5.41, 5.74) is 1.91. The first-order chi connectivity index (χ1) is 9.19. The van der Waals surface area contributed by atoms with Crippen LogP contribution in [0.2, 0.25) is 5.15 Å². The lowest BCUT2D eigenvalue weighted by molar-refractivity contribution is 0.415. The van der Waals surface area contributed by atoms with Gasteiger partial charge in [-0.3, -0.25) is 0 Å². The molecule has 0 amide bonds. The molecule has 0 saturated carbocycles. The van der Waals surface area contributed by atoms with Crippen LogP contribution in [-0.4, -0.2) is 17.1 Å². The van der Waals surface area contributed by atoms with E-state index in [0.29, 0.717) is 5.15 Å². The Morgan fingerprint density at radius 1 is 1.26 bits per heavy atom. The van der Waals surface area contributed by atoms with Gasteiger partial charge < -0.3 is 4.74 Å². The van der Waals surface area contributed by atoms with Gasteiger partial charge in [-0.1, -0.05) is 27.5 Å². The van der Waals surface area contributed by atoms with Crippen molar-refractivity contribution in [2.24, 2.45) is 0 Å². The molecule has 19 heavy (non-hydrogen) atoms. The second-order valence-electron chi connectivity index (χ2n) is 3.84. The maximum Gasteiger partial charge on any atom is 0.150 e. The molecular formula is C13H8BrClN2OS. The van der Waals surface area contributed by atoms with E-state index in [1.807, 2.05) is 24.3 Å². The van der Waals surface area contributed by atoms with Crippen molar-refractivity contribution in [3.63, 3.8) is 0 Å². The van der Waals surface area contributed by atoms with E-state index in [9.17, 15) is 0 Å². The number of halogens is 2. The van der Waals surface area contributed by atoms with E-state index in [1.165, 1.54) is 6.33 Å². The minimum atomic E-state index is 0.486. The molecule has 2 aromatic heterocycles. The maximum atomic E-state index is 6.08. The van der Waals surface area contributed by atoms with E-state index < -0.39 is 0 Å². The second kappa shape index (κ2) is 5.07. The number of hydrogen-bond acceptors (Lipinski definition) is 4. The Kier molecular flexibility index (Phi) is 3.43. The monoisotopic (exact) mass is 354 g/mol. The third-order valence-corrected chi connectivity index (χ3v) is 4.96. The topological polar surface area (TPSA) is 35.0 Å². The fraction of sp³-hybridized carbons (Fsp3) is 0.0769. The SMILES string of the molecule is COc1ccc(Br)c(-c2cc3ncnc(Cl)c3s2)c1. The smallest absolute Gasteiger partial charge is 0.150 e. The van der Waals surface area contributed by atoms with Crippen molar-refractivity contribution in [2.45, 2.75) is 0 Å². The van der Waals surface area contributed by atoms with Gasteiger partial charge in [0.25, 0.3) is 0 Å². The zero-order chi connectivity index (χ0) is 13.4. The number of nitrogens with zero attached hydrogens (tertiary/aromatic N) is 2. The van der Waals surface area contributed by atoms with Crippen molar-refractivity contribution >= 4 is 49.1 Å². The van der Waals surface area contributed by atoms with E-state index >= 15 is 0 Å². The summed E-state index contributed by atoms with van der Waals surface area (Å²) < 4.78 is 7.16. The van der Waals surface area contributed by atoms with Gasteiger partial charge in [0, 0.05) is 14.9 Å². The predicted octanol–water partition coefficient (Wildman–Crippen LogP) is 4.78. The molecule has 0 radical (unpaired) electrons. The molecule has 0 bridgehead atoms. The number of ether oxygens (including phenoxy) is 1. The molecule has 1 aromatic carbocycles. The zero-order valence-electron chi connectivity index (χ0n) is 9.85. The zero-order valence-corrected chi connectivity index (χ0v) is 13.0. The summed E-state index contributed by atoms with van der Waals surface area (Å²) in [7, 11) is 1.65. The molecule has 3 rings (SSSR count). The van der Waals surface area contributed by atoms with Crippen molar-refractivity contribution in [3.05, 3.63) is 40.2 Å². The minimum Gasteiger partial charge on any atom is -0.497 e. The van der Waals surface area contributed by atoms with Crippen LogP contribution in [0, 0.1) is 0 Å². The molecule has 0 fully saturated rings. The van der Waals surface area contributed by atoms with Crippen LogP contribution in [0.15, 0.2) is 35.1 Å². The highest BCUT2D eigenvalue weighted by atomic mass is 79.9. The average Bonchev–Trinajstić information content (AvgIpc) is 2.84. The Bertz CT molecular complexity index is 759. The summed E-state index contributed by atoms with van der Waals surface area (Å²) in [6.07, 6.45) is 1.47. The Morgan fingerprint density at radius 2 is 2.11 bits per heavy atom. The lowest BCUT2D eigenvalue weighted by Gasteiger charge is -2.04. The lowest BCUT2D eigenvalue weighted by atomic mass is 10.2. The maximum absolute atomic E-state index is 6.08. The highest BCUT2D eigenvalue weighted by Gasteiger charge is 2.12. The summed E-state index contributed by atoms with van der Waals surface area (Å²) in [6.45, 7) is 0. The van der Waals surface area contributed by atoms with Gasteiger partial charge in [0.2, 0.25) is 0 Å².